The summed E-state index contributed by atoms with van der Waals surface area (Å²) in [4.78, 5) is 0. The normalized spacial score (nSPS) is 17.6. The van der Waals surface area contributed by atoms with Crippen molar-refractivity contribution in [1.82, 2.24) is 0 Å². The zero-order chi connectivity index (χ0) is 27.9. The van der Waals surface area contributed by atoms with Crippen LogP contribution in [0.1, 0.15) is 62.8 Å². The van der Waals surface area contributed by atoms with Crippen LogP contribution in [-0.2, 0) is 17.9 Å². The second-order valence-electron chi connectivity index (χ2n) is 13.6. The van der Waals surface area contributed by atoms with Gasteiger partial charge in [0.1, 0.15) is 0 Å². The summed E-state index contributed by atoms with van der Waals surface area (Å²) >= 11 is -2.88. The zero-order valence-electron chi connectivity index (χ0n) is 24.7. The number of hydrogen-bond acceptors (Lipinski definition) is 1. The molecule has 0 bridgehead atoms. The number of aromatic nitrogens is 1. The van der Waals surface area contributed by atoms with Gasteiger partial charge in [-0.05, 0) is 0 Å². The molecule has 2 heterocycles. The van der Waals surface area contributed by atoms with E-state index in [0.717, 1.165) is 5.56 Å². The standard InChI is InChI=1S/C36H39GeN2/c1-23-12-15-26-27-16-13-25(22-38)32(24-14-17-28-29(21-24)36(4,5)19-18-35(28,2)3)34(27)37(6,7)33(26)31(23)30-11-9-10-20-39(30)8/h9-17,20-21H,18-19H2,1-8H3/q+1. The van der Waals surface area contributed by atoms with Crippen LogP contribution in [0.15, 0.2) is 66.9 Å². The molecule has 39 heavy (non-hydrogen) atoms. The number of hydrogen-bond donors (Lipinski definition) is 0. The third-order valence-corrected chi connectivity index (χ3v) is 17.2. The molecule has 0 saturated heterocycles. The summed E-state index contributed by atoms with van der Waals surface area (Å²) in [6.07, 6.45) is 4.53. The number of aryl methyl sites for hydroxylation is 2. The van der Waals surface area contributed by atoms with Crippen LogP contribution in [0.2, 0.25) is 11.5 Å². The molecule has 0 atom stereocenters. The van der Waals surface area contributed by atoms with Gasteiger partial charge in [-0.2, -0.15) is 0 Å². The van der Waals surface area contributed by atoms with E-state index >= 15 is 0 Å². The average molecular weight is 572 g/mol. The van der Waals surface area contributed by atoms with E-state index in [0.29, 0.717) is 0 Å². The van der Waals surface area contributed by atoms with Crippen LogP contribution >= 0.6 is 0 Å². The Bertz CT molecular complexity index is 1720. The summed E-state index contributed by atoms with van der Waals surface area (Å²) in [7, 11) is 2.14. The van der Waals surface area contributed by atoms with Crippen LogP contribution in [-0.4, -0.2) is 13.3 Å². The van der Waals surface area contributed by atoms with Gasteiger partial charge in [-0.1, -0.05) is 0 Å². The second-order valence-corrected chi connectivity index (χ2v) is 22.5. The van der Waals surface area contributed by atoms with Crippen LogP contribution in [0.3, 0.4) is 0 Å². The van der Waals surface area contributed by atoms with Crippen molar-refractivity contribution >= 4 is 22.1 Å². The van der Waals surface area contributed by atoms with E-state index < -0.39 is 13.3 Å². The third kappa shape index (κ3) is 3.77. The first-order valence-electron chi connectivity index (χ1n) is 14.2. The molecule has 1 aromatic heterocycles. The average Bonchev–Trinajstić information content (AvgIpc) is 3.13. The molecule has 0 fully saturated rings. The molecule has 0 saturated carbocycles. The van der Waals surface area contributed by atoms with Crippen molar-refractivity contribution < 1.29 is 4.57 Å². The second kappa shape index (κ2) is 8.67. The number of pyridine rings is 1. The Morgan fingerprint density at radius 3 is 2.10 bits per heavy atom. The Morgan fingerprint density at radius 1 is 0.795 bits per heavy atom. The molecule has 4 aromatic rings. The van der Waals surface area contributed by atoms with Crippen LogP contribution < -0.4 is 13.4 Å². The number of nitriles is 1. The molecule has 3 heteroatoms. The van der Waals surface area contributed by atoms with Crippen molar-refractivity contribution in [2.24, 2.45) is 7.05 Å². The maximum absolute atomic E-state index is 10.4. The van der Waals surface area contributed by atoms with Gasteiger partial charge >= 0.3 is 237 Å². The summed E-state index contributed by atoms with van der Waals surface area (Å²) in [5.41, 5.74) is 13.1. The Morgan fingerprint density at radius 2 is 1.44 bits per heavy atom. The Kier molecular flexibility index (Phi) is 5.80. The number of rotatable bonds is 2. The predicted octanol–water partition coefficient (Wildman–Crippen LogP) is 7.18. The first kappa shape index (κ1) is 26.1. The number of nitrogens with zero attached hydrogens (tertiary/aromatic N) is 2. The number of fused-ring (bicyclic) bond motifs is 4. The molecular formula is C36H39GeN2+. The molecule has 196 valence electrons. The molecule has 0 unspecified atom stereocenters. The summed E-state index contributed by atoms with van der Waals surface area (Å²) in [5, 5.41) is 10.4. The quantitative estimate of drug-likeness (QED) is 0.185. The van der Waals surface area contributed by atoms with Crippen LogP contribution in [0.4, 0.5) is 0 Å². The molecule has 0 N–H and O–H groups in total. The molecule has 6 rings (SSSR count). The van der Waals surface area contributed by atoms with Gasteiger partial charge in [-0.15, -0.1) is 0 Å². The fourth-order valence-corrected chi connectivity index (χ4v) is 15.6. The molecule has 0 amide bonds. The van der Waals surface area contributed by atoms with E-state index in [9.17, 15) is 5.26 Å². The van der Waals surface area contributed by atoms with Crippen molar-refractivity contribution in [2.45, 2.75) is 69.8 Å². The Hall–Kier alpha value is -3.16. The van der Waals surface area contributed by atoms with E-state index in [-0.39, 0.29) is 10.8 Å². The third-order valence-electron chi connectivity index (χ3n) is 9.73. The molecule has 2 nitrogen and oxygen atoms in total. The zero-order valence-corrected chi connectivity index (χ0v) is 26.8. The molecule has 0 radical (unpaired) electrons. The van der Waals surface area contributed by atoms with Gasteiger partial charge < -0.3 is 0 Å². The van der Waals surface area contributed by atoms with E-state index in [2.05, 4.69) is 131 Å². The van der Waals surface area contributed by atoms with E-state index in [1.54, 1.807) is 4.40 Å². The molecule has 1 aliphatic heterocycles. The van der Waals surface area contributed by atoms with Crippen LogP contribution in [0.5, 0.6) is 0 Å². The van der Waals surface area contributed by atoms with E-state index in [4.69, 9.17) is 0 Å². The van der Waals surface area contributed by atoms with Gasteiger partial charge in [0, 0.05) is 0 Å². The van der Waals surface area contributed by atoms with E-state index in [1.165, 1.54) is 67.4 Å². The molecule has 1 aliphatic carbocycles. The van der Waals surface area contributed by atoms with Gasteiger partial charge in [0.05, 0.1) is 0 Å². The van der Waals surface area contributed by atoms with Crippen molar-refractivity contribution in [2.75, 3.05) is 0 Å². The predicted molar refractivity (Wildman–Crippen MR) is 165 cm³/mol. The van der Waals surface area contributed by atoms with Gasteiger partial charge in [0.15, 0.2) is 0 Å². The fraction of sp³-hybridized carbons (Fsp3) is 0.333. The van der Waals surface area contributed by atoms with Crippen LogP contribution in [0, 0.1) is 18.3 Å². The molecule has 2 aliphatic rings. The van der Waals surface area contributed by atoms with Crippen molar-refractivity contribution in [3.8, 4) is 39.6 Å². The first-order chi connectivity index (χ1) is 18.4. The minimum atomic E-state index is -2.88. The number of benzene rings is 3. The summed E-state index contributed by atoms with van der Waals surface area (Å²) in [6.45, 7) is 11.8. The van der Waals surface area contributed by atoms with Crippen molar-refractivity contribution in [3.05, 3.63) is 89.1 Å². The van der Waals surface area contributed by atoms with Gasteiger partial charge in [0.25, 0.3) is 0 Å². The topological polar surface area (TPSA) is 27.7 Å². The van der Waals surface area contributed by atoms with Crippen molar-refractivity contribution in [1.29, 1.82) is 5.26 Å². The van der Waals surface area contributed by atoms with Crippen LogP contribution in [0.25, 0.3) is 33.5 Å². The summed E-state index contributed by atoms with van der Waals surface area (Å²) < 4.78 is 5.25. The SMILES string of the molecule is Cc1ccc2[c](c1-c1cccc[n+]1C)[Ge]([CH3])([CH3])[c]1c-2ccc(C#N)c1-c1ccc2c(c1)C(C)(C)CCC2(C)C. The summed E-state index contributed by atoms with van der Waals surface area (Å²) in [5.74, 6) is 5.07. The van der Waals surface area contributed by atoms with Crippen molar-refractivity contribution in [3.63, 3.8) is 0 Å². The monoisotopic (exact) mass is 573 g/mol. The first-order valence-corrected chi connectivity index (χ1v) is 20.5. The Balaban J connectivity index is 1.66. The van der Waals surface area contributed by atoms with Gasteiger partial charge in [0.2, 0.25) is 0 Å². The Labute approximate surface area is 236 Å². The maximum atomic E-state index is 10.4. The summed E-state index contributed by atoms with van der Waals surface area (Å²) in [6, 6.07) is 25.1. The molecule has 3 aromatic carbocycles. The van der Waals surface area contributed by atoms with Gasteiger partial charge in [-0.3, -0.25) is 0 Å². The fourth-order valence-electron chi connectivity index (χ4n) is 7.43. The molecular weight excluding hydrogens is 533 g/mol. The minimum absolute atomic E-state index is 0.123. The molecule has 0 spiro atoms. The van der Waals surface area contributed by atoms with E-state index in [1.807, 2.05) is 0 Å². The van der Waals surface area contributed by atoms with Gasteiger partial charge in [-0.25, -0.2) is 0 Å².